The smallest absolute Gasteiger partial charge is 0.291 e. The zero-order chi connectivity index (χ0) is 12.1. The van der Waals surface area contributed by atoms with Gasteiger partial charge in [0.1, 0.15) is 5.82 Å². The quantitative estimate of drug-likeness (QED) is 0.607. The molecule has 0 aliphatic heterocycles. The second kappa shape index (κ2) is 5.02. The number of rotatable bonds is 3. The average Bonchev–Trinajstić information content (AvgIpc) is 2.37. The average molecular weight is 229 g/mol. The number of nitrogens with one attached hydrogen (secondary N) is 2. The summed E-state index contributed by atoms with van der Waals surface area (Å²) in [5, 5.41) is 4.15. The van der Waals surface area contributed by atoms with Crippen molar-refractivity contribution in [1.29, 1.82) is 0 Å². The maximum atomic E-state index is 10.9. The van der Waals surface area contributed by atoms with Gasteiger partial charge in [-0.3, -0.25) is 15.4 Å². The number of hydrogen-bond donors (Lipinski definition) is 2. The molecule has 0 bridgehead atoms. The number of H-pyrrole nitrogens is 1. The van der Waals surface area contributed by atoms with Gasteiger partial charge in [-0.1, -0.05) is 0 Å². The lowest BCUT2D eigenvalue weighted by atomic mass is 10.2. The van der Waals surface area contributed by atoms with E-state index in [2.05, 4.69) is 25.5 Å². The summed E-state index contributed by atoms with van der Waals surface area (Å²) in [7, 11) is 0. The second-order valence-electron chi connectivity index (χ2n) is 3.33. The molecule has 0 amide bonds. The Balaban J connectivity index is 2.14. The molecule has 0 radical (unpaired) electrons. The highest BCUT2D eigenvalue weighted by Crippen LogP contribution is 2.01. The molecule has 0 saturated heterocycles. The Labute approximate surface area is 97.5 Å². The monoisotopic (exact) mass is 229 g/mol. The minimum atomic E-state index is -0.410. The molecule has 2 aromatic heterocycles. The minimum absolute atomic E-state index is 0.410. The summed E-state index contributed by atoms with van der Waals surface area (Å²) in [6.07, 6.45) is 4.81. The molecule has 17 heavy (non-hydrogen) atoms. The predicted molar refractivity (Wildman–Crippen MR) is 64.9 cm³/mol. The fourth-order valence-corrected chi connectivity index (χ4v) is 1.24. The third-order valence-corrected chi connectivity index (χ3v) is 2.12. The van der Waals surface area contributed by atoms with Crippen LogP contribution in [0.1, 0.15) is 12.5 Å². The van der Waals surface area contributed by atoms with E-state index in [-0.39, 0.29) is 0 Å². The number of anilines is 1. The van der Waals surface area contributed by atoms with E-state index in [1.807, 2.05) is 19.1 Å². The molecule has 0 aliphatic carbocycles. The lowest BCUT2D eigenvalue weighted by molar-refractivity contribution is 1.06. The summed E-state index contributed by atoms with van der Waals surface area (Å²) >= 11 is 0. The fourth-order valence-electron chi connectivity index (χ4n) is 1.24. The van der Waals surface area contributed by atoms with Gasteiger partial charge >= 0.3 is 5.69 Å². The first-order valence-electron chi connectivity index (χ1n) is 5.02. The Kier molecular flexibility index (Phi) is 3.25. The molecule has 2 heterocycles. The van der Waals surface area contributed by atoms with Gasteiger partial charge in [-0.25, -0.2) is 9.78 Å². The van der Waals surface area contributed by atoms with E-state index in [1.54, 1.807) is 18.5 Å². The number of aromatic amines is 1. The Morgan fingerprint density at radius 3 is 2.76 bits per heavy atom. The molecule has 2 N–H and O–H groups in total. The second-order valence-corrected chi connectivity index (χ2v) is 3.33. The van der Waals surface area contributed by atoms with Crippen molar-refractivity contribution in [3.63, 3.8) is 0 Å². The lowest BCUT2D eigenvalue weighted by Gasteiger charge is -2.02. The van der Waals surface area contributed by atoms with Gasteiger partial charge in [-0.2, -0.15) is 5.10 Å². The molecule has 0 fully saturated rings. The van der Waals surface area contributed by atoms with Gasteiger partial charge in [0.2, 0.25) is 0 Å². The Hall–Kier alpha value is -2.50. The number of nitrogens with zero attached hydrogens (tertiary/aromatic N) is 3. The molecule has 0 saturated carbocycles. The molecular weight excluding hydrogens is 218 g/mol. The molecule has 0 atom stereocenters. The van der Waals surface area contributed by atoms with Crippen LogP contribution in [0.2, 0.25) is 0 Å². The van der Waals surface area contributed by atoms with Crippen molar-refractivity contribution < 1.29 is 0 Å². The van der Waals surface area contributed by atoms with Crippen molar-refractivity contribution in [2.24, 2.45) is 5.10 Å². The van der Waals surface area contributed by atoms with Gasteiger partial charge in [-0.15, -0.1) is 0 Å². The number of aromatic nitrogens is 3. The van der Waals surface area contributed by atoms with Gasteiger partial charge in [0.15, 0.2) is 0 Å². The molecule has 2 rings (SSSR count). The van der Waals surface area contributed by atoms with E-state index in [9.17, 15) is 4.79 Å². The van der Waals surface area contributed by atoms with E-state index in [4.69, 9.17) is 0 Å². The Morgan fingerprint density at radius 1 is 1.29 bits per heavy atom. The predicted octanol–water partition coefficient (Wildman–Crippen LogP) is 1.00. The minimum Gasteiger partial charge on any atom is -0.291 e. The number of hydrogen-bond acceptors (Lipinski definition) is 5. The van der Waals surface area contributed by atoms with Crippen LogP contribution in [0.25, 0.3) is 0 Å². The third-order valence-electron chi connectivity index (χ3n) is 2.12. The van der Waals surface area contributed by atoms with E-state index in [0.29, 0.717) is 5.82 Å². The summed E-state index contributed by atoms with van der Waals surface area (Å²) in [5.41, 5.74) is 4.10. The van der Waals surface area contributed by atoms with Crippen LogP contribution < -0.4 is 11.1 Å². The van der Waals surface area contributed by atoms with E-state index in [0.717, 1.165) is 11.3 Å². The molecule has 0 spiro atoms. The van der Waals surface area contributed by atoms with Crippen molar-refractivity contribution in [3.8, 4) is 0 Å². The molecule has 6 nitrogen and oxygen atoms in total. The zero-order valence-electron chi connectivity index (χ0n) is 9.21. The van der Waals surface area contributed by atoms with E-state index in [1.165, 1.54) is 6.20 Å². The molecule has 6 heteroatoms. The van der Waals surface area contributed by atoms with Gasteiger partial charge in [-0.05, 0) is 25.1 Å². The summed E-state index contributed by atoms with van der Waals surface area (Å²) in [5.74, 6) is 0.499. The largest absolute Gasteiger partial charge is 0.346 e. The highest BCUT2D eigenvalue weighted by Gasteiger charge is 1.96. The Bertz CT molecular complexity index is 576. The first kappa shape index (κ1) is 11.0. The molecule has 0 aliphatic rings. The fraction of sp³-hybridized carbons (Fsp3) is 0.0909. The first-order chi connectivity index (χ1) is 8.25. The summed E-state index contributed by atoms with van der Waals surface area (Å²) in [4.78, 5) is 20.9. The molecule has 86 valence electrons. The summed E-state index contributed by atoms with van der Waals surface area (Å²) in [6, 6.07) is 5.34. The third kappa shape index (κ3) is 2.97. The van der Waals surface area contributed by atoms with Gasteiger partial charge < -0.3 is 0 Å². The van der Waals surface area contributed by atoms with Crippen LogP contribution in [0.3, 0.4) is 0 Å². The van der Waals surface area contributed by atoms with Crippen LogP contribution in [-0.4, -0.2) is 20.7 Å². The first-order valence-corrected chi connectivity index (χ1v) is 5.02. The van der Waals surface area contributed by atoms with Crippen molar-refractivity contribution in [3.05, 3.63) is 52.8 Å². The topological polar surface area (TPSA) is 83.0 Å². The number of pyridine rings is 1. The maximum Gasteiger partial charge on any atom is 0.346 e. The van der Waals surface area contributed by atoms with Crippen LogP contribution in [0, 0.1) is 0 Å². The Morgan fingerprint density at radius 2 is 2.06 bits per heavy atom. The van der Waals surface area contributed by atoms with Gasteiger partial charge in [0.25, 0.3) is 0 Å². The molecular formula is C11H11N5O. The van der Waals surface area contributed by atoms with Gasteiger partial charge in [0.05, 0.1) is 5.71 Å². The summed E-state index contributed by atoms with van der Waals surface area (Å²) in [6.45, 7) is 1.86. The van der Waals surface area contributed by atoms with E-state index < -0.39 is 5.69 Å². The van der Waals surface area contributed by atoms with Crippen molar-refractivity contribution in [1.82, 2.24) is 15.0 Å². The van der Waals surface area contributed by atoms with Crippen molar-refractivity contribution in [2.75, 3.05) is 5.43 Å². The lowest BCUT2D eigenvalue weighted by Crippen LogP contribution is -2.11. The zero-order valence-corrected chi connectivity index (χ0v) is 9.21. The van der Waals surface area contributed by atoms with Crippen LogP contribution in [0.5, 0.6) is 0 Å². The highest BCUT2D eigenvalue weighted by molar-refractivity contribution is 5.98. The van der Waals surface area contributed by atoms with Crippen molar-refractivity contribution in [2.45, 2.75) is 6.92 Å². The standard InChI is InChI=1S/C11H11N5O/c1-8(9-2-5-12-6-3-9)15-16-10-4-7-13-11(17)14-10/h2-7H,1H3,(H2,13,14,16,17)/b15-8-. The van der Waals surface area contributed by atoms with Crippen LogP contribution in [0.4, 0.5) is 5.82 Å². The normalized spacial score (nSPS) is 11.2. The molecule has 2 aromatic rings. The molecule has 0 unspecified atom stereocenters. The van der Waals surface area contributed by atoms with Crippen molar-refractivity contribution >= 4 is 11.5 Å². The van der Waals surface area contributed by atoms with Crippen LogP contribution >= 0.6 is 0 Å². The highest BCUT2D eigenvalue weighted by atomic mass is 16.1. The van der Waals surface area contributed by atoms with E-state index >= 15 is 0 Å². The van der Waals surface area contributed by atoms with Gasteiger partial charge in [0, 0.05) is 24.2 Å². The summed E-state index contributed by atoms with van der Waals surface area (Å²) < 4.78 is 0. The molecule has 0 aromatic carbocycles. The number of hydrazone groups is 1. The van der Waals surface area contributed by atoms with Crippen LogP contribution in [0.15, 0.2) is 46.7 Å². The van der Waals surface area contributed by atoms with Crippen LogP contribution in [-0.2, 0) is 0 Å². The SMILES string of the molecule is C/C(=N/Nc1ccnc(=O)[nH]1)c1ccncc1. The maximum absolute atomic E-state index is 10.9.